The minimum Gasteiger partial charge on any atom is -0.481 e. The first-order valence-corrected chi connectivity index (χ1v) is 7.95. The van der Waals surface area contributed by atoms with Gasteiger partial charge >= 0.3 is 5.97 Å². The molecule has 0 radical (unpaired) electrons. The van der Waals surface area contributed by atoms with Crippen molar-refractivity contribution in [2.24, 2.45) is 5.92 Å². The molecule has 2 atom stereocenters. The highest BCUT2D eigenvalue weighted by Crippen LogP contribution is 2.44. The molecule has 1 aromatic rings. The fourth-order valence-electron chi connectivity index (χ4n) is 3.65. The molecule has 0 saturated carbocycles. The minimum absolute atomic E-state index is 0.525. The van der Waals surface area contributed by atoms with Crippen LogP contribution in [-0.4, -0.2) is 11.1 Å². The lowest BCUT2D eigenvalue weighted by atomic mass is 9.73. The zero-order valence-electron chi connectivity index (χ0n) is 12.7. The Morgan fingerprint density at radius 2 is 2.10 bits per heavy atom. The maximum atomic E-state index is 12.0. The van der Waals surface area contributed by atoms with Gasteiger partial charge in [0.1, 0.15) is 0 Å². The summed E-state index contributed by atoms with van der Waals surface area (Å²) < 4.78 is 0. The van der Waals surface area contributed by atoms with Crippen molar-refractivity contribution in [2.75, 3.05) is 0 Å². The van der Waals surface area contributed by atoms with E-state index in [2.05, 4.69) is 19.9 Å². The van der Waals surface area contributed by atoms with Crippen LogP contribution in [0.4, 0.5) is 0 Å². The highest BCUT2D eigenvalue weighted by molar-refractivity contribution is 5.83. The van der Waals surface area contributed by atoms with Crippen LogP contribution in [0.15, 0.2) is 24.3 Å². The molecule has 1 aliphatic carbocycles. The number of fused-ring (bicyclic) bond motifs is 1. The van der Waals surface area contributed by atoms with Crippen LogP contribution in [0.1, 0.15) is 63.5 Å². The summed E-state index contributed by atoms with van der Waals surface area (Å²) in [7, 11) is 0. The molecule has 2 rings (SSSR count). The molecule has 0 heterocycles. The van der Waals surface area contributed by atoms with Crippen molar-refractivity contribution >= 4 is 5.97 Å². The highest BCUT2D eigenvalue weighted by Gasteiger charge is 2.46. The van der Waals surface area contributed by atoms with Crippen LogP contribution in [0.5, 0.6) is 0 Å². The number of carboxylic acids is 1. The molecule has 2 unspecified atom stereocenters. The third-order valence-corrected chi connectivity index (χ3v) is 4.94. The van der Waals surface area contributed by atoms with Crippen molar-refractivity contribution < 1.29 is 9.90 Å². The van der Waals surface area contributed by atoms with Crippen molar-refractivity contribution in [3.63, 3.8) is 0 Å². The summed E-state index contributed by atoms with van der Waals surface area (Å²) in [6, 6.07) is 8.12. The maximum absolute atomic E-state index is 12.0. The van der Waals surface area contributed by atoms with Gasteiger partial charge < -0.3 is 5.11 Å². The number of rotatable bonds is 7. The number of hydrogen-bond donors (Lipinski definition) is 1. The van der Waals surface area contributed by atoms with E-state index in [0.717, 1.165) is 37.7 Å². The van der Waals surface area contributed by atoms with Gasteiger partial charge in [0.25, 0.3) is 0 Å². The Bertz CT molecular complexity index is 466. The van der Waals surface area contributed by atoms with Crippen LogP contribution in [0.2, 0.25) is 0 Å². The molecule has 0 spiro atoms. The van der Waals surface area contributed by atoms with Gasteiger partial charge in [-0.1, -0.05) is 63.8 Å². The van der Waals surface area contributed by atoms with Gasteiger partial charge in [0, 0.05) is 0 Å². The number of unbranched alkanes of at least 4 members (excludes halogenated alkanes) is 1. The van der Waals surface area contributed by atoms with Crippen molar-refractivity contribution in [3.8, 4) is 0 Å². The lowest BCUT2D eigenvalue weighted by molar-refractivity contribution is -0.144. The SMILES string of the molecule is CCCCC(CC)CC1(C(=O)O)CCc2ccccc21. The largest absolute Gasteiger partial charge is 0.481 e. The summed E-state index contributed by atoms with van der Waals surface area (Å²) in [5.41, 5.74) is 1.67. The molecule has 2 heteroatoms. The Kier molecular flexibility index (Phi) is 4.85. The van der Waals surface area contributed by atoms with E-state index >= 15 is 0 Å². The Morgan fingerprint density at radius 1 is 1.35 bits per heavy atom. The summed E-state index contributed by atoms with van der Waals surface area (Å²) in [5.74, 6) is -0.102. The number of benzene rings is 1. The second-order valence-corrected chi connectivity index (χ2v) is 6.17. The van der Waals surface area contributed by atoms with Crippen molar-refractivity contribution in [3.05, 3.63) is 35.4 Å². The lowest BCUT2D eigenvalue weighted by Gasteiger charge is -2.30. The monoisotopic (exact) mass is 274 g/mol. The number of hydrogen-bond acceptors (Lipinski definition) is 1. The first kappa shape index (κ1) is 15.1. The normalized spacial score (nSPS) is 22.5. The van der Waals surface area contributed by atoms with Crippen LogP contribution in [0.3, 0.4) is 0 Å². The Labute approximate surface area is 122 Å². The molecule has 0 aromatic heterocycles. The summed E-state index contributed by atoms with van der Waals surface area (Å²) >= 11 is 0. The maximum Gasteiger partial charge on any atom is 0.314 e. The molecule has 1 aliphatic rings. The number of aliphatic carboxylic acids is 1. The van der Waals surface area contributed by atoms with E-state index in [4.69, 9.17) is 0 Å². The molecule has 0 saturated heterocycles. The van der Waals surface area contributed by atoms with E-state index in [1.807, 2.05) is 18.2 Å². The average Bonchev–Trinajstić information content (AvgIpc) is 2.84. The van der Waals surface area contributed by atoms with Crippen LogP contribution in [-0.2, 0) is 16.6 Å². The lowest BCUT2D eigenvalue weighted by Crippen LogP contribution is -2.35. The van der Waals surface area contributed by atoms with Gasteiger partial charge in [0.15, 0.2) is 0 Å². The smallest absolute Gasteiger partial charge is 0.314 e. The van der Waals surface area contributed by atoms with Crippen LogP contribution < -0.4 is 0 Å². The molecule has 0 amide bonds. The first-order valence-electron chi connectivity index (χ1n) is 7.95. The third-order valence-electron chi connectivity index (χ3n) is 4.94. The van der Waals surface area contributed by atoms with Crippen LogP contribution in [0, 0.1) is 5.92 Å². The van der Waals surface area contributed by atoms with Gasteiger partial charge in [0.2, 0.25) is 0 Å². The molecule has 0 fully saturated rings. The van der Waals surface area contributed by atoms with Crippen LogP contribution >= 0.6 is 0 Å². The fraction of sp³-hybridized carbons (Fsp3) is 0.611. The average molecular weight is 274 g/mol. The summed E-state index contributed by atoms with van der Waals surface area (Å²) in [6.45, 7) is 4.39. The number of carboxylic acid groups (broad SMARTS) is 1. The first-order chi connectivity index (χ1) is 9.64. The van der Waals surface area contributed by atoms with Gasteiger partial charge in [-0.05, 0) is 36.3 Å². The number of carbonyl (C=O) groups is 1. The van der Waals surface area contributed by atoms with Crippen molar-refractivity contribution in [2.45, 2.75) is 64.2 Å². The Morgan fingerprint density at radius 3 is 2.75 bits per heavy atom. The van der Waals surface area contributed by atoms with E-state index < -0.39 is 11.4 Å². The van der Waals surface area contributed by atoms with Gasteiger partial charge in [-0.2, -0.15) is 0 Å². The minimum atomic E-state index is -0.634. The van der Waals surface area contributed by atoms with Gasteiger partial charge in [-0.15, -0.1) is 0 Å². The van der Waals surface area contributed by atoms with Crippen molar-refractivity contribution in [1.29, 1.82) is 0 Å². The molecule has 1 N–H and O–H groups in total. The molecular weight excluding hydrogens is 248 g/mol. The van der Waals surface area contributed by atoms with Gasteiger partial charge in [-0.3, -0.25) is 4.79 Å². The summed E-state index contributed by atoms with van der Waals surface area (Å²) in [5, 5.41) is 9.88. The predicted molar refractivity (Wildman–Crippen MR) is 82.0 cm³/mol. The van der Waals surface area contributed by atoms with Crippen LogP contribution in [0.25, 0.3) is 0 Å². The van der Waals surface area contributed by atoms with E-state index in [9.17, 15) is 9.90 Å². The molecule has 0 bridgehead atoms. The van der Waals surface area contributed by atoms with E-state index in [1.165, 1.54) is 18.4 Å². The Balaban J connectivity index is 2.26. The fourth-order valence-corrected chi connectivity index (χ4v) is 3.65. The second-order valence-electron chi connectivity index (χ2n) is 6.17. The molecular formula is C18H26O2. The topological polar surface area (TPSA) is 37.3 Å². The van der Waals surface area contributed by atoms with Gasteiger partial charge in [-0.25, -0.2) is 0 Å². The zero-order valence-corrected chi connectivity index (χ0v) is 12.7. The second kappa shape index (κ2) is 6.43. The van der Waals surface area contributed by atoms with Gasteiger partial charge in [0.05, 0.1) is 5.41 Å². The quantitative estimate of drug-likeness (QED) is 0.791. The van der Waals surface area contributed by atoms with Crippen molar-refractivity contribution in [1.82, 2.24) is 0 Å². The van der Waals surface area contributed by atoms with E-state index in [-0.39, 0.29) is 0 Å². The standard InChI is InChI=1S/C18H26O2/c1-3-5-8-14(4-2)13-18(17(19)20)12-11-15-9-6-7-10-16(15)18/h6-7,9-10,14H,3-5,8,11-13H2,1-2H3,(H,19,20). The van der Waals surface area contributed by atoms with E-state index in [0.29, 0.717) is 5.92 Å². The highest BCUT2D eigenvalue weighted by atomic mass is 16.4. The summed E-state index contributed by atoms with van der Waals surface area (Å²) in [4.78, 5) is 12.0. The predicted octanol–water partition coefficient (Wildman–Crippen LogP) is 4.56. The molecule has 110 valence electrons. The molecule has 0 aliphatic heterocycles. The number of aryl methyl sites for hydroxylation is 1. The summed E-state index contributed by atoms with van der Waals surface area (Å²) in [6.07, 6.45) is 7.11. The molecule has 20 heavy (non-hydrogen) atoms. The van der Waals surface area contributed by atoms with E-state index in [1.54, 1.807) is 0 Å². The Hall–Kier alpha value is -1.31. The molecule has 2 nitrogen and oxygen atoms in total. The zero-order chi connectivity index (χ0) is 14.6. The molecule has 1 aromatic carbocycles. The third kappa shape index (κ3) is 2.74.